The Morgan fingerprint density at radius 1 is 1.19 bits per heavy atom. The number of carbonyl (C=O) groups excluding carboxylic acids is 1. The fourth-order valence-electron chi connectivity index (χ4n) is 1.65. The lowest BCUT2D eigenvalue weighted by atomic mass is 10.2. The summed E-state index contributed by atoms with van der Waals surface area (Å²) in [5.41, 5.74) is -0.299. The Hall–Kier alpha value is -1.61. The minimum absolute atomic E-state index is 0.0435. The Morgan fingerprint density at radius 3 is 2.38 bits per heavy atom. The second-order valence-corrected chi connectivity index (χ2v) is 6.38. The smallest absolute Gasteiger partial charge is 0.344 e. The number of hydrogen-bond donors (Lipinski definition) is 0. The molecule has 0 aliphatic heterocycles. The first kappa shape index (κ1) is 15.8. The van der Waals surface area contributed by atoms with Gasteiger partial charge in [-0.3, -0.25) is 10.1 Å². The second kappa shape index (κ2) is 6.90. The maximum atomic E-state index is 11.7. The quantitative estimate of drug-likeness (QED) is 0.325. The highest BCUT2D eigenvalue weighted by Crippen LogP contribution is 2.31. The molecular formula is C14H10INO4S. The summed E-state index contributed by atoms with van der Waals surface area (Å²) in [6, 6.07) is 12.3. The fraction of sp³-hybridized carbons (Fsp3) is 0.0714. The summed E-state index contributed by atoms with van der Waals surface area (Å²) in [5, 5.41) is 10.9. The molecule has 21 heavy (non-hydrogen) atoms. The van der Waals surface area contributed by atoms with Gasteiger partial charge in [-0.05, 0) is 59.0 Å². The second-order valence-electron chi connectivity index (χ2n) is 3.98. The Kier molecular flexibility index (Phi) is 5.18. The summed E-state index contributed by atoms with van der Waals surface area (Å²) in [4.78, 5) is 23.7. The van der Waals surface area contributed by atoms with Crippen molar-refractivity contribution in [1.82, 2.24) is 0 Å². The van der Waals surface area contributed by atoms with Gasteiger partial charge >= 0.3 is 5.97 Å². The predicted octanol–water partition coefficient (Wildman–Crippen LogP) is 4.14. The number of esters is 1. The van der Waals surface area contributed by atoms with Crippen LogP contribution in [0.2, 0.25) is 0 Å². The van der Waals surface area contributed by atoms with Gasteiger partial charge < -0.3 is 4.74 Å². The molecule has 7 heteroatoms. The normalized spacial score (nSPS) is 10.2. The van der Waals surface area contributed by atoms with Crippen LogP contribution < -0.4 is 0 Å². The van der Waals surface area contributed by atoms with Crippen LogP contribution in [0.3, 0.4) is 0 Å². The van der Waals surface area contributed by atoms with Crippen molar-refractivity contribution in [1.29, 1.82) is 0 Å². The van der Waals surface area contributed by atoms with Gasteiger partial charge in [-0.25, -0.2) is 4.79 Å². The molecule has 2 rings (SSSR count). The van der Waals surface area contributed by atoms with Crippen molar-refractivity contribution in [2.45, 2.75) is 9.79 Å². The van der Waals surface area contributed by atoms with Crippen molar-refractivity contribution < 1.29 is 14.5 Å². The molecule has 0 aliphatic rings. The van der Waals surface area contributed by atoms with Crippen molar-refractivity contribution in [2.75, 3.05) is 7.11 Å². The molecule has 0 N–H and O–H groups in total. The number of hydrogen-bond acceptors (Lipinski definition) is 5. The SMILES string of the molecule is COC(=O)c1cc(Sc2ccc(I)cc2)ccc1[N+](=O)[O-]. The van der Waals surface area contributed by atoms with E-state index in [1.165, 1.54) is 31.0 Å². The number of nitro benzene ring substituents is 1. The van der Waals surface area contributed by atoms with Crippen LogP contribution in [0, 0.1) is 13.7 Å². The Balaban J connectivity index is 2.35. The molecule has 0 aromatic heterocycles. The summed E-state index contributed by atoms with van der Waals surface area (Å²) >= 11 is 3.64. The van der Waals surface area contributed by atoms with Crippen molar-refractivity contribution in [2.24, 2.45) is 0 Å². The zero-order chi connectivity index (χ0) is 15.4. The molecule has 0 spiro atoms. The van der Waals surface area contributed by atoms with Gasteiger partial charge in [0, 0.05) is 19.4 Å². The molecule has 0 amide bonds. The minimum Gasteiger partial charge on any atom is -0.465 e. The number of ether oxygens (including phenoxy) is 1. The Morgan fingerprint density at radius 2 is 1.81 bits per heavy atom. The number of methoxy groups -OCH3 is 1. The third-order valence-corrected chi connectivity index (χ3v) is 4.34. The number of halogens is 1. The largest absolute Gasteiger partial charge is 0.465 e. The standard InChI is InChI=1S/C14H10INO4S/c1-20-14(17)12-8-11(6-7-13(12)16(18)19)21-10-4-2-9(15)3-5-10/h2-8H,1H3. The van der Waals surface area contributed by atoms with Crippen LogP contribution in [0.15, 0.2) is 52.3 Å². The van der Waals surface area contributed by atoms with Gasteiger partial charge in [-0.1, -0.05) is 11.8 Å². The van der Waals surface area contributed by atoms with Crippen LogP contribution >= 0.6 is 34.4 Å². The first-order valence-electron chi connectivity index (χ1n) is 5.81. The van der Waals surface area contributed by atoms with Gasteiger partial charge in [0.2, 0.25) is 0 Å². The average Bonchev–Trinajstić information content (AvgIpc) is 2.48. The van der Waals surface area contributed by atoms with Gasteiger partial charge in [0.15, 0.2) is 0 Å². The van der Waals surface area contributed by atoms with Gasteiger partial charge in [0.25, 0.3) is 5.69 Å². The van der Waals surface area contributed by atoms with Gasteiger partial charge in [0.05, 0.1) is 12.0 Å². The molecule has 108 valence electrons. The zero-order valence-electron chi connectivity index (χ0n) is 10.9. The molecule has 5 nitrogen and oxygen atoms in total. The highest BCUT2D eigenvalue weighted by atomic mass is 127. The van der Waals surface area contributed by atoms with Gasteiger partial charge in [-0.15, -0.1) is 0 Å². The van der Waals surface area contributed by atoms with Crippen LogP contribution in [0.25, 0.3) is 0 Å². The molecule has 0 unspecified atom stereocenters. The number of benzene rings is 2. The third kappa shape index (κ3) is 3.94. The van der Waals surface area contributed by atoms with Crippen LogP contribution in [-0.2, 0) is 4.74 Å². The van der Waals surface area contributed by atoms with E-state index in [-0.39, 0.29) is 11.3 Å². The molecular weight excluding hydrogens is 405 g/mol. The molecule has 0 saturated carbocycles. The van der Waals surface area contributed by atoms with E-state index in [1.54, 1.807) is 6.07 Å². The lowest BCUT2D eigenvalue weighted by Gasteiger charge is -2.05. The summed E-state index contributed by atoms with van der Waals surface area (Å²) < 4.78 is 5.72. The highest BCUT2D eigenvalue weighted by Gasteiger charge is 2.21. The van der Waals surface area contributed by atoms with E-state index in [0.29, 0.717) is 0 Å². The maximum absolute atomic E-state index is 11.7. The van der Waals surface area contributed by atoms with Crippen LogP contribution in [-0.4, -0.2) is 18.0 Å². The molecule has 0 saturated heterocycles. The molecule has 0 heterocycles. The molecule has 2 aromatic carbocycles. The first-order chi connectivity index (χ1) is 10.0. The lowest BCUT2D eigenvalue weighted by Crippen LogP contribution is -2.05. The predicted molar refractivity (Wildman–Crippen MR) is 87.7 cm³/mol. The number of carbonyl (C=O) groups is 1. The molecule has 0 bridgehead atoms. The van der Waals surface area contributed by atoms with Crippen molar-refractivity contribution >= 4 is 46.0 Å². The first-order valence-corrected chi connectivity index (χ1v) is 7.71. The summed E-state index contributed by atoms with van der Waals surface area (Å²) in [7, 11) is 1.20. The van der Waals surface area contributed by atoms with Crippen molar-refractivity contribution in [3.05, 3.63) is 61.7 Å². The highest BCUT2D eigenvalue weighted by molar-refractivity contribution is 14.1. The maximum Gasteiger partial charge on any atom is 0.344 e. The zero-order valence-corrected chi connectivity index (χ0v) is 13.9. The van der Waals surface area contributed by atoms with E-state index in [4.69, 9.17) is 0 Å². The van der Waals surface area contributed by atoms with Crippen LogP contribution in [0.4, 0.5) is 5.69 Å². The molecule has 0 radical (unpaired) electrons. The van der Waals surface area contributed by atoms with Crippen LogP contribution in [0.5, 0.6) is 0 Å². The molecule has 0 atom stereocenters. The Bertz CT molecular complexity index is 688. The Labute approximate surface area is 139 Å². The average molecular weight is 415 g/mol. The van der Waals surface area contributed by atoms with Crippen LogP contribution in [0.1, 0.15) is 10.4 Å². The molecule has 2 aromatic rings. The van der Waals surface area contributed by atoms with E-state index in [9.17, 15) is 14.9 Å². The monoisotopic (exact) mass is 415 g/mol. The van der Waals surface area contributed by atoms with E-state index in [1.807, 2.05) is 24.3 Å². The summed E-state index contributed by atoms with van der Waals surface area (Å²) in [6.45, 7) is 0. The van der Waals surface area contributed by atoms with Gasteiger partial charge in [0.1, 0.15) is 5.56 Å². The van der Waals surface area contributed by atoms with E-state index >= 15 is 0 Å². The lowest BCUT2D eigenvalue weighted by molar-refractivity contribution is -0.385. The molecule has 0 aliphatic carbocycles. The molecule has 0 fully saturated rings. The van der Waals surface area contributed by atoms with E-state index in [2.05, 4.69) is 27.3 Å². The van der Waals surface area contributed by atoms with E-state index < -0.39 is 10.9 Å². The van der Waals surface area contributed by atoms with Gasteiger partial charge in [-0.2, -0.15) is 0 Å². The fourth-order valence-corrected chi connectivity index (χ4v) is 2.87. The van der Waals surface area contributed by atoms with Crippen molar-refractivity contribution in [3.63, 3.8) is 0 Å². The number of rotatable bonds is 4. The number of nitro groups is 1. The van der Waals surface area contributed by atoms with Crippen molar-refractivity contribution in [3.8, 4) is 0 Å². The third-order valence-electron chi connectivity index (χ3n) is 2.62. The topological polar surface area (TPSA) is 69.4 Å². The van der Waals surface area contributed by atoms with E-state index in [0.717, 1.165) is 13.4 Å². The number of nitrogens with zero attached hydrogens (tertiary/aromatic N) is 1. The summed E-state index contributed by atoms with van der Waals surface area (Å²) in [6.07, 6.45) is 0. The minimum atomic E-state index is -0.716. The summed E-state index contributed by atoms with van der Waals surface area (Å²) in [5.74, 6) is -0.716.